The lowest BCUT2D eigenvalue weighted by atomic mass is 10.0. The number of hydrogen-bond donors (Lipinski definition) is 1. The van der Waals surface area contributed by atoms with Crippen LogP contribution >= 0.6 is 0 Å². The van der Waals surface area contributed by atoms with Gasteiger partial charge in [0.1, 0.15) is 0 Å². The first-order valence-corrected chi connectivity index (χ1v) is 6.23. The Morgan fingerprint density at radius 2 is 1.71 bits per heavy atom. The Labute approximate surface area is 101 Å². The number of para-hydroxylation sites is 1. The first-order valence-electron chi connectivity index (χ1n) is 6.23. The van der Waals surface area contributed by atoms with Crippen LogP contribution in [-0.2, 0) is 6.42 Å². The summed E-state index contributed by atoms with van der Waals surface area (Å²) in [7, 11) is 0. The van der Waals surface area contributed by atoms with Crippen LogP contribution in [0.25, 0.3) is 21.8 Å². The smallest absolute Gasteiger partial charge is 0.0465 e. The molecule has 0 bridgehead atoms. The third kappa shape index (κ3) is 1.82. The van der Waals surface area contributed by atoms with E-state index in [9.17, 15) is 0 Å². The van der Waals surface area contributed by atoms with Crippen molar-refractivity contribution in [2.45, 2.75) is 20.3 Å². The van der Waals surface area contributed by atoms with Crippen LogP contribution < -0.4 is 0 Å². The molecule has 0 saturated heterocycles. The summed E-state index contributed by atoms with van der Waals surface area (Å²) < 4.78 is 0. The molecule has 17 heavy (non-hydrogen) atoms. The quantitative estimate of drug-likeness (QED) is 0.657. The number of aromatic amines is 1. The van der Waals surface area contributed by atoms with Crippen molar-refractivity contribution in [2.75, 3.05) is 0 Å². The second-order valence-electron chi connectivity index (χ2n) is 5.15. The molecule has 0 saturated carbocycles. The van der Waals surface area contributed by atoms with Gasteiger partial charge in [-0.25, -0.2) is 0 Å². The molecule has 0 spiro atoms. The second kappa shape index (κ2) is 3.92. The van der Waals surface area contributed by atoms with Crippen LogP contribution in [0.15, 0.2) is 42.5 Å². The maximum atomic E-state index is 3.46. The number of H-pyrrole nitrogens is 1. The van der Waals surface area contributed by atoms with Crippen molar-refractivity contribution >= 4 is 21.8 Å². The minimum Gasteiger partial charge on any atom is -0.355 e. The predicted molar refractivity (Wildman–Crippen MR) is 74.3 cm³/mol. The van der Waals surface area contributed by atoms with E-state index in [2.05, 4.69) is 61.3 Å². The first kappa shape index (κ1) is 10.4. The lowest BCUT2D eigenvalue weighted by Gasteiger charge is -2.04. The maximum absolute atomic E-state index is 3.46. The van der Waals surface area contributed by atoms with Gasteiger partial charge in [-0.05, 0) is 36.1 Å². The van der Waals surface area contributed by atoms with Crippen LogP contribution in [0, 0.1) is 5.92 Å². The highest BCUT2D eigenvalue weighted by molar-refractivity contribution is 6.07. The van der Waals surface area contributed by atoms with Gasteiger partial charge in [-0.3, -0.25) is 0 Å². The van der Waals surface area contributed by atoms with Gasteiger partial charge in [0.05, 0.1) is 0 Å². The third-order valence-corrected chi connectivity index (χ3v) is 3.21. The van der Waals surface area contributed by atoms with E-state index in [1.807, 2.05) is 0 Å². The van der Waals surface area contributed by atoms with Gasteiger partial charge in [-0.15, -0.1) is 0 Å². The third-order valence-electron chi connectivity index (χ3n) is 3.21. The summed E-state index contributed by atoms with van der Waals surface area (Å²) in [6.45, 7) is 4.53. The van der Waals surface area contributed by atoms with Gasteiger partial charge in [0, 0.05) is 21.8 Å². The fourth-order valence-electron chi connectivity index (χ4n) is 2.49. The van der Waals surface area contributed by atoms with E-state index in [1.54, 1.807) is 0 Å². The predicted octanol–water partition coefficient (Wildman–Crippen LogP) is 4.52. The minimum absolute atomic E-state index is 0.706. The number of aromatic nitrogens is 1. The van der Waals surface area contributed by atoms with Crippen LogP contribution in [0.3, 0.4) is 0 Å². The van der Waals surface area contributed by atoms with E-state index in [4.69, 9.17) is 0 Å². The number of nitrogens with one attached hydrogen (secondary N) is 1. The summed E-state index contributed by atoms with van der Waals surface area (Å²) in [6.07, 6.45) is 1.15. The molecule has 0 unspecified atom stereocenters. The van der Waals surface area contributed by atoms with Gasteiger partial charge < -0.3 is 4.98 Å². The van der Waals surface area contributed by atoms with Crippen molar-refractivity contribution in [1.82, 2.24) is 4.98 Å². The van der Waals surface area contributed by atoms with Crippen molar-refractivity contribution in [2.24, 2.45) is 5.92 Å². The molecule has 0 fully saturated rings. The molecule has 0 atom stereocenters. The van der Waals surface area contributed by atoms with Crippen molar-refractivity contribution in [3.05, 3.63) is 48.0 Å². The molecular formula is C16H17N. The molecule has 3 rings (SSSR count). The number of rotatable bonds is 2. The van der Waals surface area contributed by atoms with Crippen LogP contribution in [-0.4, -0.2) is 4.98 Å². The SMILES string of the molecule is CC(C)Cc1ccc2[nH]c3ccccc3c2c1. The Morgan fingerprint density at radius 1 is 0.941 bits per heavy atom. The molecule has 0 aliphatic carbocycles. The highest BCUT2D eigenvalue weighted by Crippen LogP contribution is 2.26. The summed E-state index contributed by atoms with van der Waals surface area (Å²) in [5.74, 6) is 0.706. The van der Waals surface area contributed by atoms with Crippen molar-refractivity contribution in [3.8, 4) is 0 Å². The maximum Gasteiger partial charge on any atom is 0.0465 e. The van der Waals surface area contributed by atoms with E-state index in [0.717, 1.165) is 6.42 Å². The Bertz CT molecular complexity index is 661. The average Bonchev–Trinajstić information content (AvgIpc) is 2.66. The first-order chi connectivity index (χ1) is 8.24. The van der Waals surface area contributed by atoms with E-state index >= 15 is 0 Å². The molecule has 0 amide bonds. The highest BCUT2D eigenvalue weighted by atomic mass is 14.7. The van der Waals surface area contributed by atoms with Gasteiger partial charge in [0.25, 0.3) is 0 Å². The highest BCUT2D eigenvalue weighted by Gasteiger charge is 2.05. The van der Waals surface area contributed by atoms with Gasteiger partial charge in [-0.2, -0.15) is 0 Å². The zero-order valence-corrected chi connectivity index (χ0v) is 10.3. The average molecular weight is 223 g/mol. The molecule has 86 valence electrons. The van der Waals surface area contributed by atoms with Gasteiger partial charge >= 0.3 is 0 Å². The van der Waals surface area contributed by atoms with E-state index < -0.39 is 0 Å². The Kier molecular flexibility index (Phi) is 2.40. The number of fused-ring (bicyclic) bond motifs is 3. The van der Waals surface area contributed by atoms with Gasteiger partial charge in [0.2, 0.25) is 0 Å². The lowest BCUT2D eigenvalue weighted by Crippen LogP contribution is -1.93. The largest absolute Gasteiger partial charge is 0.355 e. The van der Waals surface area contributed by atoms with Crippen LogP contribution in [0.1, 0.15) is 19.4 Å². The normalized spacial score (nSPS) is 11.7. The molecule has 1 heteroatoms. The molecule has 1 N–H and O–H groups in total. The van der Waals surface area contributed by atoms with Crippen LogP contribution in [0.5, 0.6) is 0 Å². The fourth-order valence-corrected chi connectivity index (χ4v) is 2.49. The summed E-state index contributed by atoms with van der Waals surface area (Å²) >= 11 is 0. The molecule has 3 aromatic rings. The zero-order valence-electron chi connectivity index (χ0n) is 10.3. The lowest BCUT2D eigenvalue weighted by molar-refractivity contribution is 0.648. The topological polar surface area (TPSA) is 15.8 Å². The molecule has 0 aliphatic rings. The summed E-state index contributed by atoms with van der Waals surface area (Å²) in [4.78, 5) is 3.46. The molecule has 0 radical (unpaired) electrons. The molecule has 0 aliphatic heterocycles. The Morgan fingerprint density at radius 3 is 2.53 bits per heavy atom. The Hall–Kier alpha value is -1.76. The summed E-state index contributed by atoms with van der Waals surface area (Å²) in [6, 6.07) is 15.3. The summed E-state index contributed by atoms with van der Waals surface area (Å²) in [5.41, 5.74) is 3.89. The second-order valence-corrected chi connectivity index (χ2v) is 5.15. The van der Waals surface area contributed by atoms with Gasteiger partial charge in [0.15, 0.2) is 0 Å². The van der Waals surface area contributed by atoms with E-state index in [0.29, 0.717) is 5.92 Å². The number of benzene rings is 2. The van der Waals surface area contributed by atoms with Crippen molar-refractivity contribution in [1.29, 1.82) is 0 Å². The minimum atomic E-state index is 0.706. The van der Waals surface area contributed by atoms with Crippen molar-refractivity contribution < 1.29 is 0 Å². The molecule has 1 nitrogen and oxygen atoms in total. The molecule has 1 heterocycles. The van der Waals surface area contributed by atoms with E-state index in [1.165, 1.54) is 27.4 Å². The van der Waals surface area contributed by atoms with Crippen LogP contribution in [0.2, 0.25) is 0 Å². The zero-order chi connectivity index (χ0) is 11.8. The Balaban J connectivity index is 2.23. The fraction of sp³-hybridized carbons (Fsp3) is 0.250. The monoisotopic (exact) mass is 223 g/mol. The standard InChI is InChI=1S/C16H17N/c1-11(2)9-12-7-8-16-14(10-12)13-5-3-4-6-15(13)17-16/h3-8,10-11,17H,9H2,1-2H3. The molecule has 2 aromatic carbocycles. The van der Waals surface area contributed by atoms with Gasteiger partial charge in [-0.1, -0.05) is 38.1 Å². The molecular weight excluding hydrogens is 206 g/mol. The van der Waals surface area contributed by atoms with Crippen LogP contribution in [0.4, 0.5) is 0 Å². The van der Waals surface area contributed by atoms with Crippen molar-refractivity contribution in [3.63, 3.8) is 0 Å². The van der Waals surface area contributed by atoms with E-state index in [-0.39, 0.29) is 0 Å². The molecule has 1 aromatic heterocycles. The number of hydrogen-bond acceptors (Lipinski definition) is 0. The summed E-state index contributed by atoms with van der Waals surface area (Å²) in [5, 5.41) is 2.67.